The van der Waals surface area contributed by atoms with Gasteiger partial charge < -0.3 is 10.2 Å². The summed E-state index contributed by atoms with van der Waals surface area (Å²) in [6, 6.07) is 4.99. The van der Waals surface area contributed by atoms with Gasteiger partial charge in [0.2, 0.25) is 0 Å². The Morgan fingerprint density at radius 1 is 1.42 bits per heavy atom. The number of aromatic nitrogens is 1. The van der Waals surface area contributed by atoms with Crippen molar-refractivity contribution in [3.05, 3.63) is 28.7 Å². The summed E-state index contributed by atoms with van der Waals surface area (Å²) in [7, 11) is 0. The Bertz CT molecular complexity index is 446. The van der Waals surface area contributed by atoms with Crippen molar-refractivity contribution in [3.63, 3.8) is 0 Å². The molecular weight excluding hydrogens is 180 g/mol. The number of fused-ring (bicyclic) bond motifs is 1. The highest BCUT2D eigenvalue weighted by Gasteiger charge is 1.98. The first-order valence-electron chi connectivity index (χ1n) is 3.14. The highest BCUT2D eigenvalue weighted by atomic mass is 35.5. The molecule has 5 heteroatoms. The molecule has 0 atom stereocenters. The summed E-state index contributed by atoms with van der Waals surface area (Å²) in [6.45, 7) is 0. The molecule has 64 valence electrons. The van der Waals surface area contributed by atoms with Crippen molar-refractivity contribution in [2.24, 2.45) is 0 Å². The van der Waals surface area contributed by atoms with Crippen LogP contribution < -0.4 is 11.5 Å². The number of rotatable bonds is 0. The van der Waals surface area contributed by atoms with E-state index in [1.165, 1.54) is 0 Å². The molecule has 0 aliphatic rings. The van der Waals surface area contributed by atoms with E-state index in [1.54, 1.807) is 18.2 Å². The van der Waals surface area contributed by atoms with Crippen LogP contribution in [0.4, 0.5) is 5.69 Å². The summed E-state index contributed by atoms with van der Waals surface area (Å²) in [4.78, 5) is 13.1. The zero-order valence-corrected chi connectivity index (χ0v) is 6.85. The van der Waals surface area contributed by atoms with E-state index in [0.29, 0.717) is 16.8 Å². The number of nitrogens with one attached hydrogen (secondary N) is 1. The van der Waals surface area contributed by atoms with Crippen LogP contribution in [0.1, 0.15) is 0 Å². The number of nitrogen functional groups attached to an aromatic ring is 1. The van der Waals surface area contributed by atoms with Gasteiger partial charge in [-0.25, -0.2) is 4.79 Å². The van der Waals surface area contributed by atoms with Crippen molar-refractivity contribution >= 4 is 29.2 Å². The van der Waals surface area contributed by atoms with E-state index in [-0.39, 0.29) is 12.4 Å². The minimum atomic E-state index is -0.453. The molecule has 1 aromatic heterocycles. The van der Waals surface area contributed by atoms with Crippen LogP contribution in [0.2, 0.25) is 0 Å². The number of oxazole rings is 1. The third-order valence-corrected chi connectivity index (χ3v) is 1.44. The molecule has 0 saturated heterocycles. The maximum atomic E-state index is 10.6. The van der Waals surface area contributed by atoms with Gasteiger partial charge in [0.25, 0.3) is 0 Å². The van der Waals surface area contributed by atoms with Crippen LogP contribution in [0.15, 0.2) is 27.4 Å². The fraction of sp³-hybridized carbons (Fsp3) is 0. The van der Waals surface area contributed by atoms with Crippen molar-refractivity contribution in [2.75, 3.05) is 5.73 Å². The van der Waals surface area contributed by atoms with Crippen LogP contribution in [0.3, 0.4) is 0 Å². The Morgan fingerprint density at radius 2 is 2.17 bits per heavy atom. The molecule has 1 heterocycles. The summed E-state index contributed by atoms with van der Waals surface area (Å²) < 4.78 is 4.76. The van der Waals surface area contributed by atoms with Crippen LogP contribution in [-0.2, 0) is 0 Å². The molecule has 1 aromatic carbocycles. The smallest absolute Gasteiger partial charge is 0.408 e. The van der Waals surface area contributed by atoms with Gasteiger partial charge in [0.1, 0.15) is 0 Å². The Hall–Kier alpha value is -1.42. The average molecular weight is 187 g/mol. The van der Waals surface area contributed by atoms with Gasteiger partial charge in [-0.05, 0) is 18.2 Å². The minimum Gasteiger partial charge on any atom is -0.408 e. The predicted octanol–water partition coefficient (Wildman–Crippen LogP) is 1.13. The number of H-pyrrole nitrogens is 1. The Labute approximate surface area is 73.8 Å². The third-order valence-electron chi connectivity index (χ3n) is 1.44. The number of hydrogen-bond donors (Lipinski definition) is 2. The third kappa shape index (κ3) is 1.29. The SMILES string of the molecule is Cl.Nc1ccc2oc(=O)[nH]c2c1. The summed E-state index contributed by atoms with van der Waals surface area (Å²) in [5, 5.41) is 0. The summed E-state index contributed by atoms with van der Waals surface area (Å²) in [5.41, 5.74) is 7.24. The number of nitrogens with two attached hydrogens (primary N) is 1. The lowest BCUT2D eigenvalue weighted by Crippen LogP contribution is -1.93. The van der Waals surface area contributed by atoms with Gasteiger partial charge in [0, 0.05) is 5.69 Å². The first-order chi connectivity index (χ1) is 5.25. The van der Waals surface area contributed by atoms with E-state index in [9.17, 15) is 4.79 Å². The van der Waals surface area contributed by atoms with Gasteiger partial charge in [0.15, 0.2) is 5.58 Å². The highest BCUT2D eigenvalue weighted by molar-refractivity contribution is 5.85. The Kier molecular flexibility index (Phi) is 2.10. The molecule has 2 aromatic rings. The van der Waals surface area contributed by atoms with Crippen LogP contribution in [0.25, 0.3) is 11.1 Å². The second-order valence-electron chi connectivity index (χ2n) is 2.27. The van der Waals surface area contributed by atoms with Crippen molar-refractivity contribution in [1.29, 1.82) is 0 Å². The minimum absolute atomic E-state index is 0. The van der Waals surface area contributed by atoms with Crippen LogP contribution >= 0.6 is 12.4 Å². The van der Waals surface area contributed by atoms with Gasteiger partial charge in [-0.15, -0.1) is 12.4 Å². The van der Waals surface area contributed by atoms with Gasteiger partial charge in [-0.2, -0.15) is 0 Å². The first-order valence-corrected chi connectivity index (χ1v) is 3.14. The van der Waals surface area contributed by atoms with Gasteiger partial charge in [-0.3, -0.25) is 4.98 Å². The van der Waals surface area contributed by atoms with E-state index in [2.05, 4.69) is 4.98 Å². The molecular formula is C7H7ClN2O2. The average Bonchev–Trinajstić information content (AvgIpc) is 2.27. The summed E-state index contributed by atoms with van der Waals surface area (Å²) in [6.07, 6.45) is 0. The van der Waals surface area contributed by atoms with Crippen molar-refractivity contribution in [1.82, 2.24) is 4.98 Å². The molecule has 2 rings (SSSR count). The monoisotopic (exact) mass is 186 g/mol. The summed E-state index contributed by atoms with van der Waals surface area (Å²) >= 11 is 0. The largest absolute Gasteiger partial charge is 0.417 e. The lowest BCUT2D eigenvalue weighted by molar-refractivity contribution is 0.555. The molecule has 0 aliphatic carbocycles. The van der Waals surface area contributed by atoms with Gasteiger partial charge in [0.05, 0.1) is 5.52 Å². The van der Waals surface area contributed by atoms with Crippen LogP contribution in [0.5, 0.6) is 0 Å². The lowest BCUT2D eigenvalue weighted by atomic mass is 10.3. The zero-order valence-electron chi connectivity index (χ0n) is 6.03. The zero-order chi connectivity index (χ0) is 7.84. The molecule has 3 N–H and O–H groups in total. The van der Waals surface area contributed by atoms with E-state index in [1.807, 2.05) is 0 Å². The standard InChI is InChI=1S/C7H6N2O2.ClH/c8-4-1-2-6-5(3-4)9-7(10)11-6;/h1-3H,8H2,(H,9,10);1H. The second-order valence-corrected chi connectivity index (χ2v) is 2.27. The van der Waals surface area contributed by atoms with Crippen LogP contribution in [0, 0.1) is 0 Å². The lowest BCUT2D eigenvalue weighted by Gasteiger charge is -1.88. The highest BCUT2D eigenvalue weighted by Crippen LogP contribution is 2.12. The molecule has 0 spiro atoms. The van der Waals surface area contributed by atoms with E-state index in [0.717, 1.165) is 0 Å². The first kappa shape index (κ1) is 8.67. The molecule has 0 unspecified atom stereocenters. The van der Waals surface area contributed by atoms with E-state index < -0.39 is 5.76 Å². The quantitative estimate of drug-likeness (QED) is 0.606. The number of halogens is 1. The molecule has 0 radical (unpaired) electrons. The van der Waals surface area contributed by atoms with Crippen molar-refractivity contribution in [2.45, 2.75) is 0 Å². The predicted molar refractivity (Wildman–Crippen MR) is 48.5 cm³/mol. The van der Waals surface area contributed by atoms with Crippen molar-refractivity contribution in [3.8, 4) is 0 Å². The molecule has 4 nitrogen and oxygen atoms in total. The maximum absolute atomic E-state index is 10.6. The number of benzene rings is 1. The number of hydrogen-bond acceptors (Lipinski definition) is 3. The maximum Gasteiger partial charge on any atom is 0.417 e. The molecule has 0 fully saturated rings. The second kappa shape index (κ2) is 2.91. The molecule has 0 saturated carbocycles. The fourth-order valence-corrected chi connectivity index (χ4v) is 0.970. The number of aromatic amines is 1. The molecule has 0 bridgehead atoms. The van der Waals surface area contributed by atoms with Crippen molar-refractivity contribution < 1.29 is 4.42 Å². The molecule has 0 aliphatic heterocycles. The Balaban J connectivity index is 0.000000720. The van der Waals surface area contributed by atoms with Gasteiger partial charge in [-0.1, -0.05) is 0 Å². The van der Waals surface area contributed by atoms with Gasteiger partial charge >= 0.3 is 5.76 Å². The Morgan fingerprint density at radius 3 is 2.92 bits per heavy atom. The molecule has 12 heavy (non-hydrogen) atoms. The van der Waals surface area contributed by atoms with E-state index >= 15 is 0 Å². The van der Waals surface area contributed by atoms with Crippen LogP contribution in [-0.4, -0.2) is 4.98 Å². The van der Waals surface area contributed by atoms with E-state index in [4.69, 9.17) is 10.2 Å². The summed E-state index contributed by atoms with van der Waals surface area (Å²) in [5.74, 6) is -0.453. The normalized spacial score (nSPS) is 9.67. The number of anilines is 1. The molecule has 0 amide bonds. The topological polar surface area (TPSA) is 72.0 Å². The fourth-order valence-electron chi connectivity index (χ4n) is 0.970.